The molecule has 2 rings (SSSR count). The van der Waals surface area contributed by atoms with Gasteiger partial charge in [0.05, 0.1) is 26.2 Å². The molecule has 26 nitrogen and oxygen atoms in total. The molecule has 3 amide bonds. The molecule has 1 aliphatic rings. The number of nitrogens with one attached hydrogen (secondary N) is 4. The smallest absolute Gasteiger partial charge is 0.328 e. The zero-order valence-corrected chi connectivity index (χ0v) is 43.7. The Kier molecular flexibility index (Phi) is 33.1. The molecule has 1 fully saturated rings. The number of ether oxygens (including phenoxy) is 1. The number of likely N-dealkylation sites (N-methyl/N-ethyl adjacent to an activating group) is 1. The summed E-state index contributed by atoms with van der Waals surface area (Å²) in [7, 11) is 0. The Balaban J connectivity index is 1.83. The van der Waals surface area contributed by atoms with E-state index in [-0.39, 0.29) is 148 Å². The molecule has 3 atom stereocenters. The van der Waals surface area contributed by atoms with Gasteiger partial charge in [-0.25, -0.2) is 15.2 Å². The fourth-order valence-corrected chi connectivity index (χ4v) is 8.32. The minimum Gasteiger partial charge on any atom is -0.481 e. The third kappa shape index (κ3) is 30.9. The van der Waals surface area contributed by atoms with Gasteiger partial charge in [0.2, 0.25) is 17.7 Å². The lowest BCUT2D eigenvalue weighted by Crippen LogP contribution is -2.55. The van der Waals surface area contributed by atoms with Gasteiger partial charge in [-0.05, 0) is 63.4 Å². The summed E-state index contributed by atoms with van der Waals surface area (Å²) < 4.78 is 5.56. The van der Waals surface area contributed by atoms with Gasteiger partial charge in [0.25, 0.3) is 0 Å². The van der Waals surface area contributed by atoms with Crippen LogP contribution in [0.15, 0.2) is 30.3 Å². The minimum atomic E-state index is -1.27. The van der Waals surface area contributed by atoms with Crippen LogP contribution >= 0.6 is 0 Å². The van der Waals surface area contributed by atoms with Crippen LogP contribution in [0.3, 0.4) is 0 Å². The van der Waals surface area contributed by atoms with Gasteiger partial charge >= 0.3 is 41.8 Å². The Hall–Kier alpha value is -6.32. The van der Waals surface area contributed by atoms with Crippen molar-refractivity contribution in [3.05, 3.63) is 35.9 Å². The van der Waals surface area contributed by atoms with Crippen molar-refractivity contribution in [2.24, 2.45) is 0 Å². The maximum atomic E-state index is 13.3. The Labute approximate surface area is 443 Å². The second kappa shape index (κ2) is 38.3. The van der Waals surface area contributed by atoms with E-state index in [0.29, 0.717) is 57.9 Å². The number of hydrogen-bond acceptors (Lipinski definition) is 17. The first-order chi connectivity index (χ1) is 36.3. The van der Waals surface area contributed by atoms with Crippen LogP contribution in [0.1, 0.15) is 102 Å². The highest BCUT2D eigenvalue weighted by Gasteiger charge is 2.30. The van der Waals surface area contributed by atoms with Crippen molar-refractivity contribution in [2.45, 2.75) is 122 Å². The summed E-state index contributed by atoms with van der Waals surface area (Å²) in [6.45, 7) is 3.49. The van der Waals surface area contributed by atoms with E-state index >= 15 is 0 Å². The number of aliphatic carboxylic acids is 6. The number of hydrogen-bond donors (Lipinski definition) is 10. The maximum Gasteiger partial charge on any atom is 0.328 e. The lowest BCUT2D eigenvalue weighted by atomic mass is 10.1. The lowest BCUT2D eigenvalue weighted by molar-refractivity contribution is -0.150. The average Bonchev–Trinajstić information content (AvgIpc) is 3.35. The number of carboxylic acids is 6. The number of carbonyl (C=O) groups excluding carboxylic acids is 4. The molecule has 1 heterocycles. The Morgan fingerprint density at radius 1 is 0.513 bits per heavy atom. The number of carboxylic acid groups (broad SMARTS) is 6. The highest BCUT2D eigenvalue weighted by molar-refractivity contribution is 5.84. The van der Waals surface area contributed by atoms with Crippen LogP contribution in [-0.2, 0) is 59.3 Å². The first kappa shape index (κ1) is 65.8. The van der Waals surface area contributed by atoms with Crippen LogP contribution in [0, 0.1) is 0 Å². The van der Waals surface area contributed by atoms with Crippen molar-refractivity contribution in [3.8, 4) is 0 Å². The first-order valence-corrected chi connectivity index (χ1v) is 26.0. The van der Waals surface area contributed by atoms with Crippen LogP contribution < -0.4 is 21.4 Å². The molecular formula is C50H81N9O17. The number of esters is 1. The van der Waals surface area contributed by atoms with Crippen molar-refractivity contribution in [1.82, 2.24) is 46.0 Å². The van der Waals surface area contributed by atoms with Gasteiger partial charge in [-0.3, -0.25) is 62.8 Å². The zero-order valence-electron chi connectivity index (χ0n) is 43.7. The predicted molar refractivity (Wildman–Crippen MR) is 273 cm³/mol. The van der Waals surface area contributed by atoms with Crippen LogP contribution in [0.2, 0.25) is 0 Å². The van der Waals surface area contributed by atoms with Gasteiger partial charge < -0.3 is 51.3 Å². The molecular weight excluding hydrogens is 999 g/mol. The van der Waals surface area contributed by atoms with Crippen molar-refractivity contribution < 1.29 is 83.3 Å². The number of unbranched alkanes of at least 4 members (excludes halogenated alkanes) is 5. The van der Waals surface area contributed by atoms with E-state index in [1.165, 1.54) is 5.01 Å². The molecule has 26 heteroatoms. The molecule has 1 unspecified atom stereocenters. The van der Waals surface area contributed by atoms with E-state index < -0.39 is 66.3 Å². The molecule has 1 aromatic carbocycles. The Bertz CT molecular complexity index is 1950. The molecule has 428 valence electrons. The van der Waals surface area contributed by atoms with Crippen LogP contribution in [0.25, 0.3) is 0 Å². The van der Waals surface area contributed by atoms with Crippen molar-refractivity contribution in [3.63, 3.8) is 0 Å². The molecule has 0 radical (unpaired) electrons. The first-order valence-electron chi connectivity index (χ1n) is 26.0. The van der Waals surface area contributed by atoms with E-state index in [4.69, 9.17) is 9.84 Å². The normalized spacial score (nSPS) is 15.5. The van der Waals surface area contributed by atoms with Gasteiger partial charge in [-0.2, -0.15) is 0 Å². The molecule has 0 spiro atoms. The number of hydrazine groups is 1. The average molecular weight is 1080 g/mol. The quantitative estimate of drug-likeness (QED) is 0.0240. The summed E-state index contributed by atoms with van der Waals surface area (Å²) in [5.74, 6) is -8.25. The number of carbonyl (C=O) groups is 10. The number of rotatable bonds is 38. The third-order valence-corrected chi connectivity index (χ3v) is 12.5. The summed E-state index contributed by atoms with van der Waals surface area (Å²) >= 11 is 0. The van der Waals surface area contributed by atoms with Gasteiger partial charge in [0.15, 0.2) is 0 Å². The number of amides is 3. The second-order valence-electron chi connectivity index (χ2n) is 18.7. The molecule has 10 N–H and O–H groups in total. The number of benzene rings is 1. The highest BCUT2D eigenvalue weighted by Crippen LogP contribution is 2.12. The summed E-state index contributed by atoms with van der Waals surface area (Å²) in [6.07, 6.45) is 4.29. The van der Waals surface area contributed by atoms with Crippen LogP contribution in [0.4, 0.5) is 0 Å². The maximum absolute atomic E-state index is 13.3. The minimum absolute atomic E-state index is 0.00734. The molecule has 0 aliphatic carbocycles. The molecule has 0 bridgehead atoms. The van der Waals surface area contributed by atoms with Crippen molar-refractivity contribution in [1.29, 1.82) is 0 Å². The van der Waals surface area contributed by atoms with E-state index in [1.807, 2.05) is 23.1 Å². The van der Waals surface area contributed by atoms with Gasteiger partial charge in [-0.15, -0.1) is 0 Å². The summed E-state index contributed by atoms with van der Waals surface area (Å²) in [5, 5.41) is 66.4. The fourth-order valence-electron chi connectivity index (χ4n) is 8.32. The second-order valence-corrected chi connectivity index (χ2v) is 18.7. The summed E-state index contributed by atoms with van der Waals surface area (Å²) in [5.41, 5.74) is 3.48. The lowest BCUT2D eigenvalue weighted by Gasteiger charge is -2.32. The molecule has 1 saturated heterocycles. The van der Waals surface area contributed by atoms with Crippen LogP contribution in [0.5, 0.6) is 0 Å². The van der Waals surface area contributed by atoms with Gasteiger partial charge in [0, 0.05) is 91.3 Å². The highest BCUT2D eigenvalue weighted by atomic mass is 16.5. The van der Waals surface area contributed by atoms with E-state index in [0.717, 1.165) is 5.56 Å². The monoisotopic (exact) mass is 1080 g/mol. The van der Waals surface area contributed by atoms with Gasteiger partial charge in [0.1, 0.15) is 24.7 Å². The molecule has 1 aliphatic heterocycles. The van der Waals surface area contributed by atoms with Crippen molar-refractivity contribution in [2.75, 3.05) is 98.2 Å². The van der Waals surface area contributed by atoms with Crippen LogP contribution in [-0.4, -0.2) is 231 Å². The summed E-state index contributed by atoms with van der Waals surface area (Å²) in [4.78, 5) is 128. The van der Waals surface area contributed by atoms with E-state index in [9.17, 15) is 73.5 Å². The van der Waals surface area contributed by atoms with E-state index in [1.54, 1.807) is 33.8 Å². The summed E-state index contributed by atoms with van der Waals surface area (Å²) in [6, 6.07) is 5.77. The fraction of sp³-hybridized carbons (Fsp3) is 0.680. The zero-order chi connectivity index (χ0) is 56.3. The van der Waals surface area contributed by atoms with Gasteiger partial charge in [-0.1, -0.05) is 50.1 Å². The molecule has 0 saturated carbocycles. The molecule has 1 aromatic rings. The standard InChI is InChI=1S/C50H81N9O17/c1-2-59(40(49(73)74)20-21-44(63)64)54-38(48(71)72)16-10-12-22-51-41(60)18-8-3-4-9-19-42(61)53-39(50(75)76-36-37-14-6-5-7-15-37)17-11-13-23-52-43(62)32-55-24-26-56(33-45(65)66)28-30-58(35-47(69)70)31-29-57(27-25-55)34-46(67)68/h5-7,14-15,38-40,54H,2-4,8-13,16-36H2,1H3,(H,51,60)(H,52,62)(H,53,61)(H,63,64)(H,65,66)(H,67,68)(H,69,70)(H,71,72)(H,73,74)/t38-,39?,40-/m0/s1. The van der Waals surface area contributed by atoms with E-state index in [2.05, 4.69) is 21.4 Å². The largest absolute Gasteiger partial charge is 0.481 e. The third-order valence-electron chi connectivity index (χ3n) is 12.5. The molecule has 0 aromatic heterocycles. The Morgan fingerprint density at radius 3 is 1.42 bits per heavy atom. The van der Waals surface area contributed by atoms with Crippen molar-refractivity contribution >= 4 is 59.5 Å². The SMILES string of the molecule is CCN(N[C@@H](CCCCNC(=O)CCCCCCC(=O)NC(CCCCNC(=O)CN1CCN(CC(=O)O)CCN(CC(=O)O)CCN(CC(=O)O)CC1)C(=O)OCc1ccccc1)C(=O)O)[C@@H](CCC(=O)O)C(=O)O. The predicted octanol–water partition coefficient (Wildman–Crippen LogP) is 0.201. The Morgan fingerprint density at radius 2 is 0.974 bits per heavy atom. The molecule has 76 heavy (non-hydrogen) atoms. The topological polar surface area (TPSA) is 366 Å². The number of nitrogens with zero attached hydrogens (tertiary/aromatic N) is 5.